The fourth-order valence-electron chi connectivity index (χ4n) is 4.49. The first-order valence-corrected chi connectivity index (χ1v) is 12.7. The van der Waals surface area contributed by atoms with Gasteiger partial charge in [0.2, 0.25) is 0 Å². The topological polar surface area (TPSA) is 84.2 Å². The zero-order valence-electron chi connectivity index (χ0n) is 20.5. The number of nitrogens with zero attached hydrogens (tertiary/aromatic N) is 2. The molecule has 6 nitrogen and oxygen atoms in total. The molecule has 36 heavy (non-hydrogen) atoms. The monoisotopic (exact) mass is 483 g/mol. The van der Waals surface area contributed by atoms with E-state index < -0.39 is 5.97 Å². The van der Waals surface area contributed by atoms with Crippen LogP contribution < -0.4 is 5.32 Å². The third-order valence-electron chi connectivity index (χ3n) is 6.36. The predicted molar refractivity (Wildman–Crippen MR) is 142 cm³/mol. The van der Waals surface area contributed by atoms with Gasteiger partial charge in [-0.25, -0.2) is 4.98 Å². The van der Waals surface area contributed by atoms with E-state index in [1.807, 2.05) is 24.3 Å². The summed E-state index contributed by atoms with van der Waals surface area (Å²) >= 11 is 0. The third-order valence-corrected chi connectivity index (χ3v) is 6.36. The Morgan fingerprint density at radius 1 is 0.806 bits per heavy atom. The van der Waals surface area contributed by atoms with Gasteiger partial charge in [-0.1, -0.05) is 60.7 Å². The number of aromatic nitrogens is 2. The number of aryl methyl sites for hydroxylation is 4. The van der Waals surface area contributed by atoms with E-state index in [4.69, 9.17) is 10.1 Å². The van der Waals surface area contributed by atoms with E-state index in [0.29, 0.717) is 5.56 Å². The van der Waals surface area contributed by atoms with Gasteiger partial charge in [-0.15, -0.1) is 0 Å². The first-order valence-electron chi connectivity index (χ1n) is 12.7. The third kappa shape index (κ3) is 7.04. The minimum Gasteiger partial charge on any atom is -0.481 e. The Hall–Kier alpha value is -3.93. The van der Waals surface area contributed by atoms with Crippen LogP contribution in [0.25, 0.3) is 11.0 Å². The summed E-state index contributed by atoms with van der Waals surface area (Å²) in [6.07, 6.45) is 5.95. The molecule has 1 heterocycles. The minimum atomic E-state index is -0.933. The largest absolute Gasteiger partial charge is 0.481 e. The lowest BCUT2D eigenvalue weighted by molar-refractivity contribution is -0.136. The number of rotatable bonds is 13. The number of hydrogen-bond acceptors (Lipinski definition) is 3. The highest BCUT2D eigenvalue weighted by Crippen LogP contribution is 2.21. The van der Waals surface area contributed by atoms with Crippen molar-refractivity contribution in [2.45, 2.75) is 51.5 Å². The maximum atomic E-state index is 12.5. The van der Waals surface area contributed by atoms with E-state index in [1.54, 1.807) is 6.07 Å². The van der Waals surface area contributed by atoms with Gasteiger partial charge >= 0.3 is 5.97 Å². The number of nitrogens with one attached hydrogen (secondary N) is 1. The lowest BCUT2D eigenvalue weighted by Gasteiger charge is -2.10. The molecule has 6 heteroatoms. The Balaban J connectivity index is 1.47. The van der Waals surface area contributed by atoms with Gasteiger partial charge in [0.05, 0.1) is 17.5 Å². The van der Waals surface area contributed by atoms with Gasteiger partial charge < -0.3 is 15.0 Å². The van der Waals surface area contributed by atoms with Crippen LogP contribution in [0.15, 0.2) is 78.9 Å². The van der Waals surface area contributed by atoms with Crippen molar-refractivity contribution in [1.82, 2.24) is 14.9 Å². The van der Waals surface area contributed by atoms with Crippen molar-refractivity contribution in [1.29, 1.82) is 0 Å². The number of hydrogen-bond donors (Lipinski definition) is 2. The highest BCUT2D eigenvalue weighted by molar-refractivity contribution is 5.97. The van der Waals surface area contributed by atoms with Gasteiger partial charge in [0.25, 0.3) is 5.91 Å². The first-order chi connectivity index (χ1) is 17.6. The van der Waals surface area contributed by atoms with E-state index in [-0.39, 0.29) is 18.9 Å². The molecule has 0 atom stereocenters. The fourth-order valence-corrected chi connectivity index (χ4v) is 4.49. The average molecular weight is 484 g/mol. The molecule has 4 aromatic rings. The number of carbonyl (C=O) groups is 2. The molecule has 0 radical (unpaired) electrons. The van der Waals surface area contributed by atoms with Crippen molar-refractivity contribution in [3.63, 3.8) is 0 Å². The van der Waals surface area contributed by atoms with Crippen molar-refractivity contribution < 1.29 is 14.7 Å². The molecule has 3 aromatic carbocycles. The summed E-state index contributed by atoms with van der Waals surface area (Å²) in [7, 11) is 0. The lowest BCUT2D eigenvalue weighted by Crippen LogP contribution is -2.25. The zero-order valence-corrected chi connectivity index (χ0v) is 20.5. The number of carboxylic acids is 1. The number of unbranched alkanes of at least 4 members (excludes halogenated alkanes) is 1. The van der Waals surface area contributed by atoms with Crippen LogP contribution in [0.2, 0.25) is 0 Å². The highest BCUT2D eigenvalue weighted by atomic mass is 16.4. The van der Waals surface area contributed by atoms with Gasteiger partial charge in [0, 0.05) is 25.1 Å². The highest BCUT2D eigenvalue weighted by Gasteiger charge is 2.14. The Morgan fingerprint density at radius 3 is 2.14 bits per heavy atom. The molecule has 0 aliphatic rings. The van der Waals surface area contributed by atoms with Crippen LogP contribution in [0.3, 0.4) is 0 Å². The van der Waals surface area contributed by atoms with Crippen LogP contribution >= 0.6 is 0 Å². The Kier molecular flexibility index (Phi) is 8.87. The second-order valence-electron chi connectivity index (χ2n) is 9.06. The van der Waals surface area contributed by atoms with Crippen LogP contribution in [-0.2, 0) is 30.6 Å². The summed E-state index contributed by atoms with van der Waals surface area (Å²) in [5.74, 6) is -0.165. The molecule has 1 amide bonds. The lowest BCUT2D eigenvalue weighted by atomic mass is 10.1. The SMILES string of the molecule is O=C(O)CCNC(=O)c1ccc2c(c1)nc(CCCc1ccccc1)n2CCCCc1ccccc1. The number of amides is 1. The maximum absolute atomic E-state index is 12.5. The van der Waals surface area contributed by atoms with E-state index in [9.17, 15) is 9.59 Å². The Bertz CT molecular complexity index is 1280. The second kappa shape index (κ2) is 12.7. The van der Waals surface area contributed by atoms with Gasteiger partial charge in [-0.05, 0) is 61.4 Å². The Labute approximate surface area is 212 Å². The second-order valence-corrected chi connectivity index (χ2v) is 9.06. The number of carbonyl (C=O) groups excluding carboxylic acids is 1. The number of benzene rings is 3. The molecule has 0 spiro atoms. The molecule has 0 bridgehead atoms. The van der Waals surface area contributed by atoms with Crippen molar-refractivity contribution in [2.75, 3.05) is 6.54 Å². The van der Waals surface area contributed by atoms with Crippen molar-refractivity contribution in [3.8, 4) is 0 Å². The summed E-state index contributed by atoms with van der Waals surface area (Å²) in [5.41, 5.74) is 5.01. The molecule has 1 aromatic heterocycles. The summed E-state index contributed by atoms with van der Waals surface area (Å²) < 4.78 is 2.30. The van der Waals surface area contributed by atoms with Crippen LogP contribution in [0.4, 0.5) is 0 Å². The first kappa shape index (κ1) is 25.2. The standard InChI is InChI=1S/C30H33N3O3/c34-29(35)19-20-31-30(36)25-17-18-27-26(22-25)32-28(16-9-15-24-12-5-2-6-13-24)33(27)21-8-7-14-23-10-3-1-4-11-23/h1-6,10-13,17-18,22H,7-9,14-16,19-21H2,(H,31,36)(H,34,35). The van der Waals surface area contributed by atoms with E-state index in [0.717, 1.165) is 61.9 Å². The van der Waals surface area contributed by atoms with Crippen molar-refractivity contribution in [2.24, 2.45) is 0 Å². The van der Waals surface area contributed by atoms with Crippen LogP contribution in [0.5, 0.6) is 0 Å². The van der Waals surface area contributed by atoms with Gasteiger partial charge in [-0.2, -0.15) is 0 Å². The van der Waals surface area contributed by atoms with E-state index in [2.05, 4.69) is 58.4 Å². The Morgan fingerprint density at radius 2 is 1.47 bits per heavy atom. The number of imidazole rings is 1. The summed E-state index contributed by atoms with van der Waals surface area (Å²) in [4.78, 5) is 28.2. The molecule has 0 saturated carbocycles. The quantitative estimate of drug-likeness (QED) is 0.248. The molecule has 0 fully saturated rings. The number of aliphatic carboxylic acids is 1. The summed E-state index contributed by atoms with van der Waals surface area (Å²) in [5, 5.41) is 11.5. The van der Waals surface area contributed by atoms with E-state index in [1.165, 1.54) is 11.1 Å². The molecule has 0 unspecified atom stereocenters. The molecular weight excluding hydrogens is 450 g/mol. The zero-order chi connectivity index (χ0) is 25.2. The molecule has 0 aliphatic heterocycles. The molecule has 186 valence electrons. The predicted octanol–water partition coefficient (Wildman–Crippen LogP) is 5.44. The van der Waals surface area contributed by atoms with E-state index >= 15 is 0 Å². The summed E-state index contributed by atoms with van der Waals surface area (Å²) in [6, 6.07) is 26.6. The van der Waals surface area contributed by atoms with Gasteiger partial charge in [0.1, 0.15) is 5.82 Å². The molecule has 0 aliphatic carbocycles. The van der Waals surface area contributed by atoms with Gasteiger partial charge in [-0.3, -0.25) is 9.59 Å². The molecular formula is C30H33N3O3. The smallest absolute Gasteiger partial charge is 0.305 e. The fraction of sp³-hybridized carbons (Fsp3) is 0.300. The van der Waals surface area contributed by atoms with Crippen molar-refractivity contribution in [3.05, 3.63) is 101 Å². The summed E-state index contributed by atoms with van der Waals surface area (Å²) in [6.45, 7) is 0.987. The average Bonchev–Trinajstić information content (AvgIpc) is 3.24. The number of carboxylic acid groups (broad SMARTS) is 1. The minimum absolute atomic E-state index is 0.100. The van der Waals surface area contributed by atoms with Gasteiger partial charge in [0.15, 0.2) is 0 Å². The van der Waals surface area contributed by atoms with Crippen LogP contribution in [0.1, 0.15) is 53.0 Å². The van der Waals surface area contributed by atoms with Crippen molar-refractivity contribution >= 4 is 22.9 Å². The normalized spacial score (nSPS) is 11.0. The molecule has 0 saturated heterocycles. The number of fused-ring (bicyclic) bond motifs is 1. The molecule has 4 rings (SSSR count). The molecule has 2 N–H and O–H groups in total. The maximum Gasteiger partial charge on any atom is 0.305 e. The van der Waals surface area contributed by atoms with Crippen LogP contribution in [-0.4, -0.2) is 33.1 Å². The van der Waals surface area contributed by atoms with Crippen LogP contribution in [0, 0.1) is 0 Å².